The molecule has 154 valence electrons. The Morgan fingerprint density at radius 1 is 0.793 bits per heavy atom. The molecule has 0 aromatic heterocycles. The zero-order valence-electron chi connectivity index (χ0n) is 19.2. The Morgan fingerprint density at radius 3 is 1.62 bits per heavy atom. The number of hydrogen-bond donors (Lipinski definition) is 1. The Bertz CT molecular complexity index is 832. The fourth-order valence-electron chi connectivity index (χ4n) is 4.85. The van der Waals surface area contributed by atoms with Gasteiger partial charge in [-0.05, 0) is 48.6 Å². The molecule has 1 unspecified atom stereocenters. The lowest BCUT2D eigenvalue weighted by Crippen LogP contribution is -2.78. The SMILES string of the molecule is CC(C)C1=CC(C(C)C)([Si](NC(C)(C)C)(c2ccccc2)c2ccccc2)C=C1. The van der Waals surface area contributed by atoms with E-state index in [0.29, 0.717) is 11.8 Å². The van der Waals surface area contributed by atoms with Gasteiger partial charge in [-0.1, -0.05) is 107 Å². The quantitative estimate of drug-likeness (QED) is 0.612. The monoisotopic (exact) mass is 403 g/mol. The molecule has 0 saturated carbocycles. The van der Waals surface area contributed by atoms with Crippen molar-refractivity contribution in [1.29, 1.82) is 0 Å². The molecule has 0 spiro atoms. The molecule has 0 radical (unpaired) electrons. The Hall–Kier alpha value is -1.90. The summed E-state index contributed by atoms with van der Waals surface area (Å²) in [6.07, 6.45) is 7.52. The maximum Gasteiger partial charge on any atom is 0.204 e. The van der Waals surface area contributed by atoms with Crippen LogP contribution in [0.1, 0.15) is 48.5 Å². The first-order valence-electron chi connectivity index (χ1n) is 10.9. The molecular formula is C27H37NSi. The van der Waals surface area contributed by atoms with Gasteiger partial charge in [0.05, 0.1) is 0 Å². The topological polar surface area (TPSA) is 12.0 Å². The van der Waals surface area contributed by atoms with Gasteiger partial charge in [0.2, 0.25) is 8.24 Å². The van der Waals surface area contributed by atoms with Crippen LogP contribution >= 0.6 is 0 Å². The van der Waals surface area contributed by atoms with Crippen molar-refractivity contribution in [1.82, 2.24) is 4.98 Å². The van der Waals surface area contributed by atoms with E-state index in [2.05, 4.69) is 132 Å². The van der Waals surface area contributed by atoms with Gasteiger partial charge < -0.3 is 4.98 Å². The van der Waals surface area contributed by atoms with Crippen molar-refractivity contribution in [2.24, 2.45) is 11.8 Å². The highest BCUT2D eigenvalue weighted by molar-refractivity contribution is 7.03. The van der Waals surface area contributed by atoms with E-state index in [4.69, 9.17) is 0 Å². The third-order valence-electron chi connectivity index (χ3n) is 6.20. The van der Waals surface area contributed by atoms with E-state index < -0.39 is 8.24 Å². The van der Waals surface area contributed by atoms with Crippen LogP contribution in [0.5, 0.6) is 0 Å². The van der Waals surface area contributed by atoms with Crippen molar-refractivity contribution in [3.63, 3.8) is 0 Å². The van der Waals surface area contributed by atoms with Crippen LogP contribution < -0.4 is 15.4 Å². The van der Waals surface area contributed by atoms with Crippen LogP contribution in [0.2, 0.25) is 5.04 Å². The molecule has 1 N–H and O–H groups in total. The summed E-state index contributed by atoms with van der Waals surface area (Å²) in [5, 5.41) is 2.85. The van der Waals surface area contributed by atoms with Gasteiger partial charge in [-0.2, -0.15) is 0 Å². The van der Waals surface area contributed by atoms with Crippen LogP contribution in [0.25, 0.3) is 0 Å². The van der Waals surface area contributed by atoms with E-state index in [0.717, 1.165) is 0 Å². The van der Waals surface area contributed by atoms with Gasteiger partial charge in [0.1, 0.15) is 0 Å². The molecule has 1 nitrogen and oxygen atoms in total. The van der Waals surface area contributed by atoms with Crippen LogP contribution in [0.15, 0.2) is 84.5 Å². The summed E-state index contributed by atoms with van der Waals surface area (Å²) < 4.78 is 0. The Labute approximate surface area is 179 Å². The zero-order chi connectivity index (χ0) is 21.3. The molecule has 2 heteroatoms. The summed E-state index contributed by atoms with van der Waals surface area (Å²) in [6, 6.07) is 22.4. The molecule has 2 aromatic carbocycles. The molecule has 2 aromatic rings. The van der Waals surface area contributed by atoms with E-state index in [-0.39, 0.29) is 10.6 Å². The fraction of sp³-hybridized carbons (Fsp3) is 0.407. The van der Waals surface area contributed by atoms with E-state index in [1.165, 1.54) is 15.9 Å². The van der Waals surface area contributed by atoms with Gasteiger partial charge in [-0.25, -0.2) is 0 Å². The Morgan fingerprint density at radius 2 is 1.28 bits per heavy atom. The molecule has 0 saturated heterocycles. The predicted molar refractivity (Wildman–Crippen MR) is 130 cm³/mol. The molecule has 0 heterocycles. The Kier molecular flexibility index (Phi) is 6.07. The van der Waals surface area contributed by atoms with Crippen molar-refractivity contribution in [3.05, 3.63) is 84.5 Å². The van der Waals surface area contributed by atoms with Gasteiger partial charge in [0.25, 0.3) is 0 Å². The summed E-state index contributed by atoms with van der Waals surface area (Å²) in [5.74, 6) is 0.997. The first kappa shape index (κ1) is 21.8. The second kappa shape index (κ2) is 8.08. The van der Waals surface area contributed by atoms with Gasteiger partial charge in [0.15, 0.2) is 0 Å². The highest BCUT2D eigenvalue weighted by Gasteiger charge is 2.57. The average molecular weight is 404 g/mol. The van der Waals surface area contributed by atoms with Crippen molar-refractivity contribution in [3.8, 4) is 0 Å². The summed E-state index contributed by atoms with van der Waals surface area (Å²) in [7, 11) is -2.46. The Balaban J connectivity index is 2.43. The molecule has 0 fully saturated rings. The largest absolute Gasteiger partial charge is 0.325 e. The maximum absolute atomic E-state index is 4.27. The molecule has 3 rings (SSSR count). The standard InChI is InChI=1S/C27H37NSi/c1-21(2)23-18-19-27(20-23,22(3)4)29(28-26(5,6)7,24-14-10-8-11-15-24)25-16-12-9-13-17-25/h8-22,28H,1-7H3. The number of allylic oxidation sites excluding steroid dienone is 4. The third-order valence-corrected chi connectivity index (χ3v) is 11.9. The van der Waals surface area contributed by atoms with Crippen LogP contribution in [-0.2, 0) is 0 Å². The average Bonchev–Trinajstić information content (AvgIpc) is 3.14. The highest BCUT2D eigenvalue weighted by Crippen LogP contribution is 2.52. The molecule has 1 aliphatic rings. The lowest BCUT2D eigenvalue weighted by atomic mass is 9.94. The second-order valence-corrected chi connectivity index (χ2v) is 13.8. The van der Waals surface area contributed by atoms with E-state index in [1.54, 1.807) is 0 Å². The first-order chi connectivity index (χ1) is 13.6. The summed E-state index contributed by atoms with van der Waals surface area (Å²) in [6.45, 7) is 16.3. The number of benzene rings is 2. The van der Waals surface area contributed by atoms with Crippen LogP contribution in [0.3, 0.4) is 0 Å². The summed E-state index contributed by atoms with van der Waals surface area (Å²) in [5.41, 5.74) is 1.44. The van der Waals surface area contributed by atoms with Crippen LogP contribution in [0, 0.1) is 11.8 Å². The molecule has 1 aliphatic carbocycles. The van der Waals surface area contributed by atoms with Crippen LogP contribution in [0.4, 0.5) is 0 Å². The predicted octanol–water partition coefficient (Wildman–Crippen LogP) is 5.68. The van der Waals surface area contributed by atoms with Gasteiger partial charge in [-0.15, -0.1) is 0 Å². The number of rotatable bonds is 6. The second-order valence-electron chi connectivity index (χ2n) is 10.1. The van der Waals surface area contributed by atoms with E-state index >= 15 is 0 Å². The molecule has 29 heavy (non-hydrogen) atoms. The zero-order valence-corrected chi connectivity index (χ0v) is 20.2. The molecule has 0 bridgehead atoms. The lowest BCUT2D eigenvalue weighted by molar-refractivity contribution is 0.481. The molecular weight excluding hydrogens is 366 g/mol. The van der Waals surface area contributed by atoms with Gasteiger partial charge >= 0.3 is 0 Å². The minimum Gasteiger partial charge on any atom is -0.325 e. The minimum atomic E-state index is -2.46. The van der Waals surface area contributed by atoms with Crippen molar-refractivity contribution in [2.45, 2.75) is 59.0 Å². The summed E-state index contributed by atoms with van der Waals surface area (Å²) in [4.78, 5) is 4.27. The van der Waals surface area contributed by atoms with Gasteiger partial charge in [-0.3, -0.25) is 0 Å². The summed E-state index contributed by atoms with van der Waals surface area (Å²) >= 11 is 0. The molecule has 0 amide bonds. The van der Waals surface area contributed by atoms with E-state index in [9.17, 15) is 0 Å². The lowest BCUT2D eigenvalue weighted by Gasteiger charge is -2.52. The van der Waals surface area contributed by atoms with Crippen molar-refractivity contribution < 1.29 is 0 Å². The fourth-order valence-corrected chi connectivity index (χ4v) is 10.8. The highest BCUT2D eigenvalue weighted by atomic mass is 28.3. The van der Waals surface area contributed by atoms with Crippen LogP contribution in [-0.4, -0.2) is 13.8 Å². The van der Waals surface area contributed by atoms with Crippen molar-refractivity contribution in [2.75, 3.05) is 0 Å². The number of hydrogen-bond acceptors (Lipinski definition) is 1. The van der Waals surface area contributed by atoms with Crippen molar-refractivity contribution >= 4 is 18.6 Å². The molecule has 1 atom stereocenters. The normalized spacial score (nSPS) is 19.8. The van der Waals surface area contributed by atoms with Gasteiger partial charge in [0, 0.05) is 10.6 Å². The minimum absolute atomic E-state index is 0.0118. The maximum atomic E-state index is 4.27. The third kappa shape index (κ3) is 3.93. The number of nitrogens with one attached hydrogen (secondary N) is 1. The molecule has 0 aliphatic heterocycles. The smallest absolute Gasteiger partial charge is 0.204 e. The van der Waals surface area contributed by atoms with E-state index in [1.807, 2.05) is 0 Å². The first-order valence-corrected chi connectivity index (χ1v) is 12.9.